The number of nitrogens with zero attached hydrogens (tertiary/aromatic N) is 3. The molecule has 2 aromatic carbocycles. The lowest BCUT2D eigenvalue weighted by Crippen LogP contribution is -2.33. The molecule has 8 heteroatoms. The molecule has 0 aliphatic carbocycles. The van der Waals surface area contributed by atoms with Crippen molar-refractivity contribution < 1.29 is 4.79 Å². The SMILES string of the molecule is Cc1cc(Cl)cc2sc(N(CCCN(C)C)C(=O)c3ccccc3Br)nc12.Cl. The number of fused-ring (bicyclic) bond motifs is 1. The van der Waals surface area contributed by atoms with Gasteiger partial charge < -0.3 is 4.90 Å². The van der Waals surface area contributed by atoms with Gasteiger partial charge in [-0.3, -0.25) is 9.69 Å². The highest BCUT2D eigenvalue weighted by Crippen LogP contribution is 2.34. The van der Waals surface area contributed by atoms with Crippen LogP contribution in [0.15, 0.2) is 40.9 Å². The van der Waals surface area contributed by atoms with Crippen LogP contribution in [0.2, 0.25) is 5.02 Å². The normalized spacial score (nSPS) is 10.9. The summed E-state index contributed by atoms with van der Waals surface area (Å²) in [4.78, 5) is 22.0. The van der Waals surface area contributed by atoms with Gasteiger partial charge in [-0.25, -0.2) is 4.98 Å². The lowest BCUT2D eigenvalue weighted by molar-refractivity contribution is 0.0985. The molecule has 1 heterocycles. The molecule has 0 atom stereocenters. The molecule has 0 unspecified atom stereocenters. The second-order valence-electron chi connectivity index (χ2n) is 6.66. The van der Waals surface area contributed by atoms with Gasteiger partial charge in [-0.15, -0.1) is 12.4 Å². The Morgan fingerprint density at radius 2 is 1.93 bits per heavy atom. The van der Waals surface area contributed by atoms with Gasteiger partial charge in [0.05, 0.1) is 15.8 Å². The molecule has 0 aliphatic rings. The predicted octanol–water partition coefficient (Wildman–Crippen LogP) is 6.04. The van der Waals surface area contributed by atoms with E-state index in [9.17, 15) is 4.79 Å². The Labute approximate surface area is 189 Å². The zero-order valence-electron chi connectivity index (χ0n) is 15.9. The summed E-state index contributed by atoms with van der Waals surface area (Å²) >= 11 is 11.2. The lowest BCUT2D eigenvalue weighted by Gasteiger charge is -2.21. The summed E-state index contributed by atoms with van der Waals surface area (Å²) in [6.07, 6.45) is 0.860. The number of halogens is 3. The number of amides is 1. The first kappa shape index (κ1) is 23.1. The molecule has 0 radical (unpaired) electrons. The van der Waals surface area contributed by atoms with E-state index in [0.29, 0.717) is 22.3 Å². The molecule has 150 valence electrons. The molecule has 28 heavy (non-hydrogen) atoms. The largest absolute Gasteiger partial charge is 0.309 e. The smallest absolute Gasteiger partial charge is 0.261 e. The zero-order valence-corrected chi connectivity index (χ0v) is 19.9. The third-order valence-corrected chi connectivity index (χ3v) is 6.14. The number of hydrogen-bond donors (Lipinski definition) is 0. The van der Waals surface area contributed by atoms with Crippen molar-refractivity contribution in [3.8, 4) is 0 Å². The van der Waals surface area contributed by atoms with E-state index in [2.05, 4.69) is 20.8 Å². The van der Waals surface area contributed by atoms with Gasteiger partial charge in [-0.1, -0.05) is 35.1 Å². The first-order valence-corrected chi connectivity index (χ1v) is 10.6. The van der Waals surface area contributed by atoms with E-state index in [1.165, 1.54) is 11.3 Å². The Morgan fingerprint density at radius 3 is 2.61 bits per heavy atom. The van der Waals surface area contributed by atoms with Crippen molar-refractivity contribution in [2.45, 2.75) is 13.3 Å². The molecule has 0 saturated carbocycles. The Balaban J connectivity index is 0.00000280. The number of anilines is 1. The summed E-state index contributed by atoms with van der Waals surface area (Å²) in [6.45, 7) is 3.49. The van der Waals surface area contributed by atoms with Crippen molar-refractivity contribution in [2.24, 2.45) is 0 Å². The maximum absolute atomic E-state index is 13.3. The van der Waals surface area contributed by atoms with Crippen LogP contribution < -0.4 is 4.90 Å². The van der Waals surface area contributed by atoms with Crippen molar-refractivity contribution in [3.63, 3.8) is 0 Å². The summed E-state index contributed by atoms with van der Waals surface area (Å²) in [5.74, 6) is -0.0518. The summed E-state index contributed by atoms with van der Waals surface area (Å²) in [6, 6.07) is 11.3. The fraction of sp³-hybridized carbons (Fsp3) is 0.300. The van der Waals surface area contributed by atoms with E-state index in [-0.39, 0.29) is 18.3 Å². The summed E-state index contributed by atoms with van der Waals surface area (Å²) in [5, 5.41) is 1.39. The molecule has 3 aromatic rings. The van der Waals surface area contributed by atoms with Crippen molar-refractivity contribution in [1.82, 2.24) is 9.88 Å². The van der Waals surface area contributed by atoms with Crippen LogP contribution in [0.3, 0.4) is 0 Å². The van der Waals surface area contributed by atoms with E-state index in [0.717, 1.165) is 33.2 Å². The van der Waals surface area contributed by atoms with Gasteiger partial charge in [-0.05, 0) is 79.7 Å². The van der Waals surface area contributed by atoms with Gasteiger partial charge in [0.1, 0.15) is 0 Å². The molecule has 0 saturated heterocycles. The van der Waals surface area contributed by atoms with Gasteiger partial charge in [0.2, 0.25) is 0 Å². The standard InChI is InChI=1S/C20H21BrClN3OS.ClH/c1-13-11-14(22)12-17-18(13)23-20(27-17)25(10-6-9-24(2)3)19(26)15-7-4-5-8-16(15)21;/h4-5,7-8,11-12H,6,9-10H2,1-3H3;1H. The first-order valence-electron chi connectivity index (χ1n) is 8.64. The number of carbonyl (C=O) groups is 1. The van der Waals surface area contributed by atoms with Crippen molar-refractivity contribution in [1.29, 1.82) is 0 Å². The van der Waals surface area contributed by atoms with E-state index in [1.807, 2.05) is 57.4 Å². The van der Waals surface area contributed by atoms with Crippen molar-refractivity contribution >= 4 is 72.5 Å². The van der Waals surface area contributed by atoms with Gasteiger partial charge >= 0.3 is 0 Å². The number of hydrogen-bond acceptors (Lipinski definition) is 4. The quantitative estimate of drug-likeness (QED) is 0.412. The number of aryl methyl sites for hydroxylation is 1. The van der Waals surface area contributed by atoms with E-state index in [4.69, 9.17) is 16.6 Å². The minimum Gasteiger partial charge on any atom is -0.309 e. The molecule has 0 aliphatic heterocycles. The molecule has 4 nitrogen and oxygen atoms in total. The Bertz CT molecular complexity index is 977. The minimum atomic E-state index is -0.0518. The zero-order chi connectivity index (χ0) is 19.6. The van der Waals surface area contributed by atoms with Crippen LogP contribution in [-0.2, 0) is 0 Å². The van der Waals surface area contributed by atoms with Gasteiger partial charge in [0.15, 0.2) is 5.13 Å². The Hall–Kier alpha value is -1.18. The molecule has 0 N–H and O–H groups in total. The van der Waals surface area contributed by atoms with Crippen LogP contribution in [0.1, 0.15) is 22.3 Å². The maximum atomic E-state index is 13.3. The second-order valence-corrected chi connectivity index (χ2v) is 8.96. The monoisotopic (exact) mass is 501 g/mol. The number of rotatable bonds is 6. The molecule has 1 amide bonds. The summed E-state index contributed by atoms with van der Waals surface area (Å²) < 4.78 is 1.78. The topological polar surface area (TPSA) is 36.4 Å². The minimum absolute atomic E-state index is 0. The van der Waals surface area contributed by atoms with Crippen LogP contribution in [0.25, 0.3) is 10.2 Å². The van der Waals surface area contributed by atoms with Crippen molar-refractivity contribution in [3.05, 3.63) is 57.0 Å². The Kier molecular flexibility index (Phi) is 8.28. The average Bonchev–Trinajstić information content (AvgIpc) is 3.02. The van der Waals surface area contributed by atoms with Crippen molar-refractivity contribution in [2.75, 3.05) is 32.1 Å². The van der Waals surface area contributed by atoms with E-state index >= 15 is 0 Å². The number of thiazole rings is 1. The fourth-order valence-corrected chi connectivity index (χ4v) is 4.77. The molecule has 1 aromatic heterocycles. The summed E-state index contributed by atoms with van der Waals surface area (Å²) in [5.41, 5.74) is 2.55. The second kappa shape index (κ2) is 10.0. The first-order chi connectivity index (χ1) is 12.9. The van der Waals surface area contributed by atoms with Crippen LogP contribution in [-0.4, -0.2) is 43.0 Å². The molecule has 3 rings (SSSR count). The summed E-state index contributed by atoms with van der Waals surface area (Å²) in [7, 11) is 4.06. The molecule has 0 bridgehead atoms. The third kappa shape index (κ3) is 5.24. The third-order valence-electron chi connectivity index (χ3n) is 4.21. The van der Waals surface area contributed by atoms with Gasteiger partial charge in [-0.2, -0.15) is 0 Å². The van der Waals surface area contributed by atoms with Crippen LogP contribution in [0.5, 0.6) is 0 Å². The van der Waals surface area contributed by atoms with E-state index in [1.54, 1.807) is 4.90 Å². The maximum Gasteiger partial charge on any atom is 0.261 e. The lowest BCUT2D eigenvalue weighted by atomic mass is 10.2. The van der Waals surface area contributed by atoms with Crippen LogP contribution in [0, 0.1) is 6.92 Å². The van der Waals surface area contributed by atoms with E-state index < -0.39 is 0 Å². The molecule has 0 fully saturated rings. The fourth-order valence-electron chi connectivity index (χ4n) is 2.87. The predicted molar refractivity (Wildman–Crippen MR) is 126 cm³/mol. The number of benzene rings is 2. The Morgan fingerprint density at radius 1 is 1.21 bits per heavy atom. The molecule has 0 spiro atoms. The van der Waals surface area contributed by atoms with Crippen LogP contribution >= 0.6 is 51.3 Å². The highest BCUT2D eigenvalue weighted by atomic mass is 79.9. The highest BCUT2D eigenvalue weighted by Gasteiger charge is 2.23. The van der Waals surface area contributed by atoms with Gasteiger partial charge in [0.25, 0.3) is 5.91 Å². The highest BCUT2D eigenvalue weighted by molar-refractivity contribution is 9.10. The van der Waals surface area contributed by atoms with Crippen LogP contribution in [0.4, 0.5) is 5.13 Å². The molecular formula is C20H22BrCl2N3OS. The number of aromatic nitrogens is 1. The average molecular weight is 503 g/mol. The van der Waals surface area contributed by atoms with Gasteiger partial charge in [0, 0.05) is 16.0 Å². The number of carbonyl (C=O) groups excluding carboxylic acids is 1. The molecular weight excluding hydrogens is 481 g/mol.